The lowest BCUT2D eigenvalue weighted by atomic mass is 9.49. The fraction of sp³-hybridized carbons (Fsp3) is 0.306. The van der Waals surface area contributed by atoms with Crippen LogP contribution < -0.4 is 14.9 Å². The molecular formula is C36H29Br2Cl2N3O9. The smallest absolute Gasteiger partial charge is 0.423 e. The Hall–Kier alpha value is -4.11. The number of carbonyl (C=O) groups is 5. The van der Waals surface area contributed by atoms with Crippen LogP contribution >= 0.6 is 55.1 Å². The molecule has 2 N–H and O–H groups in total. The molecule has 6 unspecified atom stereocenters. The fourth-order valence-corrected chi connectivity index (χ4v) is 9.84. The Labute approximate surface area is 324 Å². The van der Waals surface area contributed by atoms with Crippen molar-refractivity contribution in [1.29, 1.82) is 0 Å². The van der Waals surface area contributed by atoms with Gasteiger partial charge in [0, 0.05) is 15.4 Å². The number of fused-ring (bicyclic) bond motifs is 4. The first-order chi connectivity index (χ1) is 24.8. The molecule has 5 amide bonds. The molecule has 0 aromatic heterocycles. The molecule has 3 fully saturated rings. The van der Waals surface area contributed by atoms with Crippen molar-refractivity contribution in [1.82, 2.24) is 9.91 Å². The summed E-state index contributed by atoms with van der Waals surface area (Å²) in [4.78, 5) is 71.1. The molecule has 1 saturated carbocycles. The summed E-state index contributed by atoms with van der Waals surface area (Å²) < 4.78 is 16.4. The number of halogens is 4. The molecular weight excluding hydrogens is 849 g/mol. The summed E-state index contributed by atoms with van der Waals surface area (Å²) in [7, 11) is 3.97. The lowest BCUT2D eigenvalue weighted by Crippen LogP contribution is -2.53. The van der Waals surface area contributed by atoms with Gasteiger partial charge in [0.1, 0.15) is 5.75 Å². The summed E-state index contributed by atoms with van der Waals surface area (Å²) in [6.07, 6.45) is 0.776. The molecule has 12 nitrogen and oxygen atoms in total. The molecule has 2 heterocycles. The number of phenols is 1. The van der Waals surface area contributed by atoms with Crippen LogP contribution in [0.4, 0.5) is 10.5 Å². The molecule has 0 spiro atoms. The number of nitrogens with zero attached hydrogens (tertiary/aromatic N) is 2. The molecule has 7 rings (SSSR count). The van der Waals surface area contributed by atoms with Crippen molar-refractivity contribution in [3.63, 3.8) is 0 Å². The number of amides is 5. The number of carbonyl (C=O) groups excluding carboxylic acids is 5. The topological polar surface area (TPSA) is 152 Å². The highest BCUT2D eigenvalue weighted by atomic mass is 79.9. The predicted octanol–water partition coefficient (Wildman–Crippen LogP) is 6.99. The van der Waals surface area contributed by atoms with Crippen molar-refractivity contribution in [2.24, 2.45) is 23.7 Å². The number of hydrazine groups is 1. The third-order valence-corrected chi connectivity index (χ3v) is 13.3. The SMILES string of the molecule is COC(=O)N1C(=O)C2CC=C3C(CC4C(=O)N(Nc5ccc(Cl)cc5Cl)C(=O)C4(c4ccc(OC)cc4)C3c3cc(OC)c(O)c(Br)c3Br)C2C1=O. The molecule has 3 aromatic rings. The number of allylic oxidation sites excluding steroid dienone is 2. The summed E-state index contributed by atoms with van der Waals surface area (Å²) in [6, 6.07) is 13.0. The average molecular weight is 878 g/mol. The second-order valence-corrected chi connectivity index (χ2v) is 15.3. The minimum atomic E-state index is -1.68. The first kappa shape index (κ1) is 36.3. The molecule has 0 bridgehead atoms. The van der Waals surface area contributed by atoms with Crippen LogP contribution in [0.25, 0.3) is 0 Å². The van der Waals surface area contributed by atoms with E-state index in [1.54, 1.807) is 42.5 Å². The van der Waals surface area contributed by atoms with Crippen LogP contribution in [-0.4, -0.2) is 66.1 Å². The van der Waals surface area contributed by atoms with Gasteiger partial charge in [0.2, 0.25) is 11.8 Å². The monoisotopic (exact) mass is 875 g/mol. The Morgan fingerprint density at radius 3 is 2.27 bits per heavy atom. The summed E-state index contributed by atoms with van der Waals surface area (Å²) in [5.41, 5.74) is 3.02. The summed E-state index contributed by atoms with van der Waals surface area (Å²) >= 11 is 19.8. The lowest BCUT2D eigenvalue weighted by Gasteiger charge is -2.51. The molecule has 6 atom stereocenters. The van der Waals surface area contributed by atoms with E-state index in [0.29, 0.717) is 36.8 Å². The number of benzene rings is 3. The van der Waals surface area contributed by atoms with Gasteiger partial charge in [-0.05, 0) is 98.1 Å². The second kappa shape index (κ2) is 13.4. The highest BCUT2D eigenvalue weighted by Crippen LogP contribution is 2.65. The van der Waals surface area contributed by atoms with Crippen molar-refractivity contribution in [2.45, 2.75) is 24.2 Å². The minimum Gasteiger partial charge on any atom is -0.503 e. The van der Waals surface area contributed by atoms with Crippen LogP contribution in [0.1, 0.15) is 29.9 Å². The summed E-state index contributed by atoms with van der Waals surface area (Å²) in [5, 5.41) is 12.4. The van der Waals surface area contributed by atoms with E-state index in [1.807, 2.05) is 6.08 Å². The van der Waals surface area contributed by atoms with Crippen LogP contribution in [0.15, 0.2) is 69.1 Å². The largest absolute Gasteiger partial charge is 0.503 e. The number of methoxy groups -OCH3 is 3. The molecule has 0 radical (unpaired) electrons. The predicted molar refractivity (Wildman–Crippen MR) is 195 cm³/mol. The number of anilines is 1. The normalized spacial score (nSPS) is 26.4. The van der Waals surface area contributed by atoms with Crippen molar-refractivity contribution < 1.29 is 43.3 Å². The van der Waals surface area contributed by atoms with Gasteiger partial charge in [-0.1, -0.05) is 47.0 Å². The number of likely N-dealkylation sites (tertiary alicyclic amines) is 1. The third-order valence-electron chi connectivity index (χ3n) is 10.6. The maximum Gasteiger partial charge on any atom is 0.423 e. The Kier molecular flexibility index (Phi) is 9.33. The first-order valence-corrected chi connectivity index (χ1v) is 18.3. The zero-order valence-corrected chi connectivity index (χ0v) is 32.3. The maximum absolute atomic E-state index is 15.4. The molecule has 52 heavy (non-hydrogen) atoms. The molecule has 2 saturated heterocycles. The highest BCUT2D eigenvalue weighted by Gasteiger charge is 2.71. The molecule has 270 valence electrons. The number of aromatic hydroxyl groups is 1. The zero-order valence-electron chi connectivity index (χ0n) is 27.6. The Bertz CT molecular complexity index is 2110. The van der Waals surface area contributed by atoms with E-state index in [4.69, 9.17) is 37.4 Å². The first-order valence-electron chi connectivity index (χ1n) is 16.0. The average Bonchev–Trinajstić information content (AvgIpc) is 3.52. The molecule has 2 aliphatic carbocycles. The van der Waals surface area contributed by atoms with Gasteiger partial charge in [-0.25, -0.2) is 4.79 Å². The van der Waals surface area contributed by atoms with E-state index in [0.717, 1.165) is 12.1 Å². The summed E-state index contributed by atoms with van der Waals surface area (Å²) in [6.45, 7) is 0. The number of hydrogen-bond donors (Lipinski definition) is 2. The van der Waals surface area contributed by atoms with Crippen LogP contribution in [0, 0.1) is 23.7 Å². The second-order valence-electron chi connectivity index (χ2n) is 12.8. The maximum atomic E-state index is 15.4. The van der Waals surface area contributed by atoms with Gasteiger partial charge in [-0.15, -0.1) is 0 Å². The van der Waals surface area contributed by atoms with E-state index in [-0.39, 0.29) is 39.5 Å². The van der Waals surface area contributed by atoms with E-state index in [2.05, 4.69) is 37.3 Å². The number of hydrogen-bond acceptors (Lipinski definition) is 10. The van der Waals surface area contributed by atoms with Crippen LogP contribution in [0.3, 0.4) is 0 Å². The molecule has 2 aliphatic heterocycles. The van der Waals surface area contributed by atoms with Gasteiger partial charge >= 0.3 is 6.09 Å². The number of imide groups is 4. The van der Waals surface area contributed by atoms with Gasteiger partial charge in [0.15, 0.2) is 11.5 Å². The highest BCUT2D eigenvalue weighted by molar-refractivity contribution is 9.13. The summed E-state index contributed by atoms with van der Waals surface area (Å²) in [5.74, 6) is -7.10. The van der Waals surface area contributed by atoms with E-state index >= 15 is 4.79 Å². The van der Waals surface area contributed by atoms with Crippen molar-refractivity contribution >= 4 is 90.5 Å². The number of phenolic OH excluding ortho intramolecular Hbond substituents is 1. The quantitative estimate of drug-likeness (QED) is 0.196. The number of nitrogens with one attached hydrogen (secondary N) is 1. The fourth-order valence-electron chi connectivity index (χ4n) is 8.44. The Balaban J connectivity index is 1.51. The number of rotatable bonds is 6. The van der Waals surface area contributed by atoms with Crippen molar-refractivity contribution in [2.75, 3.05) is 26.8 Å². The standard InChI is InChI=1S/C36H29Br2Cl2N3O9/c1-50-17-7-4-15(5-8-17)36-22(32(46)43(34(36)48)41-24-11-6-16(39)12-23(24)40)13-20-18(27(36)21-14-25(51-2)30(44)29(38)28(21)37)9-10-19-26(20)33(47)42(31(19)45)35(49)52-3/h4-9,11-12,14,19-20,22,26-27,41,44H,10,13H2,1-3H3. The van der Waals surface area contributed by atoms with E-state index in [1.165, 1.54) is 20.3 Å². The Morgan fingerprint density at radius 2 is 1.63 bits per heavy atom. The minimum absolute atomic E-state index is 0.0331. The van der Waals surface area contributed by atoms with Crippen LogP contribution in [0.2, 0.25) is 10.0 Å². The number of ether oxygens (including phenoxy) is 3. The van der Waals surface area contributed by atoms with E-state index < -0.39 is 64.7 Å². The van der Waals surface area contributed by atoms with Gasteiger partial charge < -0.3 is 19.3 Å². The molecule has 16 heteroatoms. The van der Waals surface area contributed by atoms with Crippen molar-refractivity contribution in [3.8, 4) is 17.2 Å². The van der Waals surface area contributed by atoms with E-state index in [9.17, 15) is 24.3 Å². The van der Waals surface area contributed by atoms with Gasteiger partial charge in [0.25, 0.3) is 11.8 Å². The van der Waals surface area contributed by atoms with Gasteiger partial charge in [-0.2, -0.15) is 9.91 Å². The van der Waals surface area contributed by atoms with Crippen LogP contribution in [-0.2, 0) is 29.3 Å². The Morgan fingerprint density at radius 1 is 0.923 bits per heavy atom. The molecule has 3 aromatic carbocycles. The van der Waals surface area contributed by atoms with Gasteiger partial charge in [0.05, 0.1) is 59.7 Å². The van der Waals surface area contributed by atoms with Crippen molar-refractivity contribution in [3.05, 3.63) is 90.3 Å². The lowest BCUT2D eigenvalue weighted by molar-refractivity contribution is -0.140. The third kappa shape index (κ3) is 5.16. The van der Waals surface area contributed by atoms with Gasteiger partial charge in [-0.3, -0.25) is 24.6 Å². The zero-order chi connectivity index (χ0) is 37.4. The molecule has 4 aliphatic rings. The van der Waals surface area contributed by atoms with Crippen LogP contribution in [0.5, 0.6) is 17.2 Å².